The molecule has 1 N–H and O–H groups in total. The highest BCUT2D eigenvalue weighted by Gasteiger charge is 2.19. The van der Waals surface area contributed by atoms with Gasteiger partial charge in [-0.1, -0.05) is 11.6 Å². The summed E-state index contributed by atoms with van der Waals surface area (Å²) in [5, 5.41) is 8.66. The second kappa shape index (κ2) is 6.20. The quantitative estimate of drug-likeness (QED) is 0.791. The number of hydrogen-bond donors (Lipinski definition) is 1. The fourth-order valence-electron chi connectivity index (χ4n) is 1.87. The van der Waals surface area contributed by atoms with Gasteiger partial charge >= 0.3 is 0 Å². The van der Waals surface area contributed by atoms with Gasteiger partial charge in [0.2, 0.25) is 0 Å². The number of nitrogens with zero attached hydrogens (tertiary/aromatic N) is 5. The van der Waals surface area contributed by atoms with Crippen molar-refractivity contribution < 1.29 is 4.79 Å². The Kier molecular flexibility index (Phi) is 4.12. The smallest absolute Gasteiger partial charge is 0.252 e. The van der Waals surface area contributed by atoms with Gasteiger partial charge in [-0.15, -0.1) is 11.3 Å². The van der Waals surface area contributed by atoms with Gasteiger partial charge in [0.1, 0.15) is 6.33 Å². The van der Waals surface area contributed by atoms with E-state index < -0.39 is 0 Å². The van der Waals surface area contributed by atoms with E-state index in [4.69, 9.17) is 11.6 Å². The molecule has 1 amide bonds. The van der Waals surface area contributed by atoms with Crippen LogP contribution in [0.4, 0.5) is 0 Å². The highest BCUT2D eigenvalue weighted by Crippen LogP contribution is 2.20. The number of carbonyl (C=O) groups is 1. The summed E-state index contributed by atoms with van der Waals surface area (Å²) in [6, 6.07) is 2.97. The molecule has 0 aliphatic heterocycles. The van der Waals surface area contributed by atoms with E-state index in [1.54, 1.807) is 29.9 Å². The standard InChI is InChI=1S/C13H11ClN6OS/c1-8(19-12(21)9-5-10(14)22-6-9)11-17-7-18-20(11)13-15-3-2-4-16-13/h2-8H,1H3,(H,19,21)/t8-/m0/s1. The minimum Gasteiger partial charge on any atom is -0.342 e. The number of thiophene rings is 1. The molecule has 0 aliphatic carbocycles. The first-order valence-corrected chi connectivity index (χ1v) is 7.63. The van der Waals surface area contributed by atoms with E-state index in [0.29, 0.717) is 21.7 Å². The lowest BCUT2D eigenvalue weighted by Crippen LogP contribution is -2.28. The maximum absolute atomic E-state index is 12.2. The summed E-state index contributed by atoms with van der Waals surface area (Å²) < 4.78 is 2.06. The van der Waals surface area contributed by atoms with Gasteiger partial charge in [-0.3, -0.25) is 4.79 Å². The van der Waals surface area contributed by atoms with Crippen molar-refractivity contribution in [3.63, 3.8) is 0 Å². The zero-order valence-electron chi connectivity index (χ0n) is 11.5. The molecular formula is C13H11ClN6OS. The molecule has 0 spiro atoms. The van der Waals surface area contributed by atoms with Gasteiger partial charge in [0.25, 0.3) is 11.9 Å². The normalized spacial score (nSPS) is 12.1. The Morgan fingerprint density at radius 1 is 1.36 bits per heavy atom. The molecule has 0 radical (unpaired) electrons. The van der Waals surface area contributed by atoms with Crippen molar-refractivity contribution in [2.45, 2.75) is 13.0 Å². The Labute approximate surface area is 135 Å². The molecule has 0 aliphatic rings. The molecule has 3 rings (SSSR count). The van der Waals surface area contributed by atoms with Crippen molar-refractivity contribution in [1.82, 2.24) is 30.0 Å². The van der Waals surface area contributed by atoms with Crippen LogP contribution >= 0.6 is 22.9 Å². The van der Waals surface area contributed by atoms with Crippen LogP contribution in [0.1, 0.15) is 29.1 Å². The minimum atomic E-state index is -0.363. The molecule has 7 nitrogen and oxygen atoms in total. The highest BCUT2D eigenvalue weighted by molar-refractivity contribution is 7.14. The topological polar surface area (TPSA) is 85.6 Å². The van der Waals surface area contributed by atoms with Crippen molar-refractivity contribution >= 4 is 28.8 Å². The van der Waals surface area contributed by atoms with Crippen LogP contribution in [0, 0.1) is 0 Å². The summed E-state index contributed by atoms with van der Waals surface area (Å²) in [5.74, 6) is 0.717. The van der Waals surface area contributed by atoms with E-state index in [9.17, 15) is 4.79 Å². The fraction of sp³-hybridized carbons (Fsp3) is 0.154. The maximum atomic E-state index is 12.2. The Bertz CT molecular complexity index is 787. The van der Waals surface area contributed by atoms with E-state index in [1.165, 1.54) is 22.3 Å². The summed E-state index contributed by atoms with van der Waals surface area (Å²) in [4.78, 5) is 24.6. The average Bonchev–Trinajstić information content (AvgIpc) is 3.16. The molecule has 3 heterocycles. The average molecular weight is 335 g/mol. The summed E-state index contributed by atoms with van der Waals surface area (Å²) in [7, 11) is 0. The van der Waals surface area contributed by atoms with E-state index in [2.05, 4.69) is 25.4 Å². The molecule has 22 heavy (non-hydrogen) atoms. The third kappa shape index (κ3) is 2.97. The third-order valence-corrected chi connectivity index (χ3v) is 3.97. The van der Waals surface area contributed by atoms with Gasteiger partial charge in [0, 0.05) is 17.8 Å². The number of aromatic nitrogens is 5. The predicted molar refractivity (Wildman–Crippen MR) is 82.2 cm³/mol. The molecule has 0 saturated heterocycles. The molecule has 3 aromatic rings. The van der Waals surface area contributed by atoms with Crippen LogP contribution in [-0.4, -0.2) is 30.6 Å². The number of carbonyl (C=O) groups excluding carboxylic acids is 1. The molecule has 0 unspecified atom stereocenters. The number of hydrogen-bond acceptors (Lipinski definition) is 6. The lowest BCUT2D eigenvalue weighted by atomic mass is 10.2. The summed E-state index contributed by atoms with van der Waals surface area (Å²) >= 11 is 7.15. The van der Waals surface area contributed by atoms with E-state index >= 15 is 0 Å². The first kappa shape index (κ1) is 14.6. The Morgan fingerprint density at radius 2 is 2.14 bits per heavy atom. The lowest BCUT2D eigenvalue weighted by molar-refractivity contribution is 0.0938. The summed E-state index contributed by atoms with van der Waals surface area (Å²) in [6.45, 7) is 1.81. The number of rotatable bonds is 4. The predicted octanol–water partition coefficient (Wildman–Crippen LogP) is 2.26. The van der Waals surface area contributed by atoms with Crippen LogP contribution in [0.15, 0.2) is 36.2 Å². The van der Waals surface area contributed by atoms with Crippen LogP contribution in [0.5, 0.6) is 0 Å². The minimum absolute atomic E-state index is 0.223. The fourth-order valence-corrected chi connectivity index (χ4v) is 2.73. The van der Waals surface area contributed by atoms with E-state index in [0.717, 1.165) is 0 Å². The second-order valence-corrected chi connectivity index (χ2v) is 5.96. The molecule has 1 atom stereocenters. The first-order chi connectivity index (χ1) is 10.6. The Morgan fingerprint density at radius 3 is 2.82 bits per heavy atom. The van der Waals surface area contributed by atoms with Crippen molar-refractivity contribution in [1.29, 1.82) is 0 Å². The molecule has 0 aromatic carbocycles. The summed E-state index contributed by atoms with van der Waals surface area (Å²) in [5.41, 5.74) is 0.517. The van der Waals surface area contributed by atoms with Gasteiger partial charge < -0.3 is 5.32 Å². The van der Waals surface area contributed by atoms with Crippen molar-refractivity contribution in [3.05, 3.63) is 52.0 Å². The van der Waals surface area contributed by atoms with Gasteiger partial charge in [-0.25, -0.2) is 15.0 Å². The van der Waals surface area contributed by atoms with Crippen molar-refractivity contribution in [2.75, 3.05) is 0 Å². The van der Waals surface area contributed by atoms with Crippen LogP contribution in [-0.2, 0) is 0 Å². The molecule has 0 saturated carbocycles. The molecule has 9 heteroatoms. The zero-order valence-corrected chi connectivity index (χ0v) is 13.0. The molecular weight excluding hydrogens is 324 g/mol. The third-order valence-electron chi connectivity index (χ3n) is 2.88. The Hall–Kier alpha value is -2.32. The number of amides is 1. The maximum Gasteiger partial charge on any atom is 0.252 e. The van der Waals surface area contributed by atoms with Gasteiger partial charge in [-0.2, -0.15) is 9.78 Å². The lowest BCUT2D eigenvalue weighted by Gasteiger charge is -2.13. The van der Waals surface area contributed by atoms with Gasteiger partial charge in [-0.05, 0) is 19.1 Å². The van der Waals surface area contributed by atoms with Crippen LogP contribution in [0.2, 0.25) is 4.34 Å². The van der Waals surface area contributed by atoms with Crippen molar-refractivity contribution in [2.24, 2.45) is 0 Å². The molecule has 0 bridgehead atoms. The van der Waals surface area contributed by atoms with Crippen molar-refractivity contribution in [3.8, 4) is 5.95 Å². The van der Waals surface area contributed by atoms with Crippen LogP contribution < -0.4 is 5.32 Å². The molecule has 0 fully saturated rings. The van der Waals surface area contributed by atoms with E-state index in [1.807, 2.05) is 6.92 Å². The SMILES string of the molecule is C[C@H](NC(=O)c1csc(Cl)c1)c1ncnn1-c1ncccn1. The largest absolute Gasteiger partial charge is 0.342 e. The van der Waals surface area contributed by atoms with E-state index in [-0.39, 0.29) is 11.9 Å². The highest BCUT2D eigenvalue weighted by atomic mass is 35.5. The van der Waals surface area contributed by atoms with Crippen LogP contribution in [0.3, 0.4) is 0 Å². The monoisotopic (exact) mass is 334 g/mol. The number of halogens is 1. The van der Waals surface area contributed by atoms with Crippen LogP contribution in [0.25, 0.3) is 5.95 Å². The zero-order chi connectivity index (χ0) is 15.5. The van der Waals surface area contributed by atoms with Gasteiger partial charge in [0.05, 0.1) is 15.9 Å². The van der Waals surface area contributed by atoms with Gasteiger partial charge in [0.15, 0.2) is 5.82 Å². The molecule has 112 valence electrons. The number of nitrogens with one attached hydrogen (secondary N) is 1. The summed E-state index contributed by atoms with van der Waals surface area (Å²) in [6.07, 6.45) is 4.63. The Balaban J connectivity index is 1.80. The molecule has 3 aromatic heterocycles. The second-order valence-electron chi connectivity index (χ2n) is 4.41. The first-order valence-electron chi connectivity index (χ1n) is 6.37.